The van der Waals surface area contributed by atoms with Crippen LogP contribution in [0.15, 0.2) is 55.4 Å². The number of carbonyl (C=O) groups is 1. The van der Waals surface area contributed by atoms with E-state index >= 15 is 0 Å². The van der Waals surface area contributed by atoms with E-state index in [0.717, 1.165) is 27.7 Å². The topological polar surface area (TPSA) is 69.5 Å². The molecule has 1 fully saturated rings. The van der Waals surface area contributed by atoms with Crippen LogP contribution >= 0.6 is 23.2 Å². The Morgan fingerprint density at radius 3 is 2.88 bits per heavy atom. The number of aromatic nitrogens is 6. The second-order valence-corrected chi connectivity index (χ2v) is 9.29. The Hall–Kier alpha value is -3.16. The average Bonchev–Trinajstić information content (AvgIpc) is 3.20. The Kier molecular flexibility index (Phi) is 4.96. The van der Waals surface area contributed by atoms with Crippen molar-refractivity contribution < 1.29 is 4.79 Å². The molecule has 6 rings (SSSR count). The number of hydrogen-bond donors (Lipinski definition) is 0. The summed E-state index contributed by atoms with van der Waals surface area (Å²) < 4.78 is 5.57. The molecule has 0 saturated heterocycles. The fraction of sp³-hybridized carbons (Fsp3) is 0.250. The molecule has 33 heavy (non-hydrogen) atoms. The van der Waals surface area contributed by atoms with Crippen molar-refractivity contribution in [2.24, 2.45) is 0 Å². The van der Waals surface area contributed by atoms with Gasteiger partial charge in [-0.3, -0.25) is 13.9 Å². The average molecular weight is 479 g/mol. The van der Waals surface area contributed by atoms with Crippen molar-refractivity contribution in [3.63, 3.8) is 0 Å². The summed E-state index contributed by atoms with van der Waals surface area (Å²) in [6.07, 6.45) is 12.2. The maximum atomic E-state index is 12.8. The Balaban J connectivity index is 1.15. The van der Waals surface area contributed by atoms with Gasteiger partial charge in [-0.2, -0.15) is 5.10 Å². The highest BCUT2D eigenvalue weighted by atomic mass is 35.5. The van der Waals surface area contributed by atoms with Gasteiger partial charge in [0.1, 0.15) is 10.8 Å². The Morgan fingerprint density at radius 2 is 2.03 bits per heavy atom. The number of halogens is 2. The van der Waals surface area contributed by atoms with Crippen LogP contribution in [0.25, 0.3) is 11.2 Å². The van der Waals surface area contributed by atoms with E-state index in [0.29, 0.717) is 35.9 Å². The smallest absolute Gasteiger partial charge is 0.166 e. The van der Waals surface area contributed by atoms with Crippen molar-refractivity contribution >= 4 is 40.1 Å². The first kappa shape index (κ1) is 20.4. The number of rotatable bonds is 7. The van der Waals surface area contributed by atoms with E-state index in [-0.39, 0.29) is 5.78 Å². The molecule has 0 aliphatic heterocycles. The van der Waals surface area contributed by atoms with E-state index in [2.05, 4.69) is 21.1 Å². The van der Waals surface area contributed by atoms with Crippen molar-refractivity contribution in [3.05, 3.63) is 88.1 Å². The standard InChI is InChI=1S/C24H20Cl2N6O/c25-17-7-8-30-14-27-20(21(30)9-17)4-5-22(33)16-10-28-31(11-16)12-18-13-32-23(29-18)6-3-19(24(32)26)15-1-2-15/h3,6-11,13-15H,1-2,4-5,12H2. The third kappa shape index (κ3) is 3.92. The first-order chi connectivity index (χ1) is 16.0. The summed E-state index contributed by atoms with van der Waals surface area (Å²) >= 11 is 12.7. The van der Waals surface area contributed by atoms with Crippen LogP contribution < -0.4 is 0 Å². The minimum atomic E-state index is 0.0246. The lowest BCUT2D eigenvalue weighted by molar-refractivity contribution is 0.0982. The predicted molar refractivity (Wildman–Crippen MR) is 126 cm³/mol. The number of hydrogen-bond acceptors (Lipinski definition) is 4. The lowest BCUT2D eigenvalue weighted by Crippen LogP contribution is -2.02. The molecule has 0 N–H and O–H groups in total. The molecule has 0 spiro atoms. The number of ketones is 1. The molecule has 0 amide bonds. The van der Waals surface area contributed by atoms with Gasteiger partial charge in [0, 0.05) is 30.0 Å². The monoisotopic (exact) mass is 478 g/mol. The minimum absolute atomic E-state index is 0.0246. The van der Waals surface area contributed by atoms with Gasteiger partial charge in [-0.25, -0.2) is 9.97 Å². The number of nitrogens with zero attached hydrogens (tertiary/aromatic N) is 6. The predicted octanol–water partition coefficient (Wildman–Crippen LogP) is 5.23. The van der Waals surface area contributed by atoms with Gasteiger partial charge in [0.05, 0.1) is 41.5 Å². The number of imidazole rings is 2. The van der Waals surface area contributed by atoms with Gasteiger partial charge >= 0.3 is 0 Å². The Morgan fingerprint density at radius 1 is 1.15 bits per heavy atom. The number of aryl methyl sites for hydroxylation is 1. The number of pyridine rings is 2. The van der Waals surface area contributed by atoms with Crippen LogP contribution in [0.3, 0.4) is 0 Å². The van der Waals surface area contributed by atoms with E-state index in [4.69, 9.17) is 23.2 Å². The van der Waals surface area contributed by atoms with Crippen molar-refractivity contribution in [3.8, 4) is 0 Å². The summed E-state index contributed by atoms with van der Waals surface area (Å²) in [5.74, 6) is 0.598. The fourth-order valence-electron chi connectivity index (χ4n) is 4.21. The highest BCUT2D eigenvalue weighted by molar-refractivity contribution is 6.31. The molecule has 0 atom stereocenters. The molecule has 7 nitrogen and oxygen atoms in total. The van der Waals surface area contributed by atoms with Crippen molar-refractivity contribution in [2.45, 2.75) is 38.1 Å². The summed E-state index contributed by atoms with van der Waals surface area (Å²) in [7, 11) is 0. The van der Waals surface area contributed by atoms with Gasteiger partial charge in [0.15, 0.2) is 5.78 Å². The van der Waals surface area contributed by atoms with Crippen LogP contribution in [0.5, 0.6) is 0 Å². The summed E-state index contributed by atoms with van der Waals surface area (Å²) in [6.45, 7) is 0.467. The number of fused-ring (bicyclic) bond motifs is 2. The third-order valence-corrected chi connectivity index (χ3v) is 6.75. The molecule has 5 heterocycles. The molecule has 0 unspecified atom stereocenters. The molecule has 0 radical (unpaired) electrons. The summed E-state index contributed by atoms with van der Waals surface area (Å²) in [4.78, 5) is 21.8. The number of Topliss-reactive ketones (excluding diaryl/α,β-unsaturated/α-hetero) is 1. The summed E-state index contributed by atoms with van der Waals surface area (Å²) in [5.41, 5.74) is 5.19. The fourth-order valence-corrected chi connectivity index (χ4v) is 4.72. The van der Waals surface area contributed by atoms with E-state index in [1.807, 2.05) is 39.4 Å². The zero-order valence-electron chi connectivity index (χ0n) is 17.7. The maximum Gasteiger partial charge on any atom is 0.166 e. The number of carbonyl (C=O) groups excluding carboxylic acids is 1. The van der Waals surface area contributed by atoms with E-state index in [9.17, 15) is 4.79 Å². The zero-order chi connectivity index (χ0) is 22.5. The quantitative estimate of drug-likeness (QED) is 0.237. The van der Waals surface area contributed by atoms with E-state index in [1.165, 1.54) is 18.4 Å². The highest BCUT2D eigenvalue weighted by Gasteiger charge is 2.27. The van der Waals surface area contributed by atoms with Crippen LogP contribution in [-0.4, -0.2) is 34.3 Å². The molecular weight excluding hydrogens is 459 g/mol. The molecule has 1 aliphatic rings. The van der Waals surface area contributed by atoms with Gasteiger partial charge < -0.3 is 4.40 Å². The lowest BCUT2D eigenvalue weighted by atomic mass is 10.1. The Bertz CT molecular complexity index is 1510. The molecule has 5 aromatic rings. The first-order valence-corrected chi connectivity index (χ1v) is 11.6. The summed E-state index contributed by atoms with van der Waals surface area (Å²) in [6, 6.07) is 7.76. The van der Waals surface area contributed by atoms with E-state index in [1.54, 1.807) is 23.4 Å². The minimum Gasteiger partial charge on any atom is -0.306 e. The second-order valence-electron chi connectivity index (χ2n) is 8.49. The van der Waals surface area contributed by atoms with Gasteiger partial charge in [-0.15, -0.1) is 0 Å². The lowest BCUT2D eigenvalue weighted by Gasteiger charge is -2.04. The van der Waals surface area contributed by atoms with Gasteiger partial charge in [0.2, 0.25) is 0 Å². The molecule has 5 aromatic heterocycles. The normalized spacial score (nSPS) is 13.9. The third-order valence-electron chi connectivity index (χ3n) is 6.11. The van der Waals surface area contributed by atoms with Crippen molar-refractivity contribution in [2.75, 3.05) is 0 Å². The molecule has 9 heteroatoms. The van der Waals surface area contributed by atoms with Crippen LogP contribution in [-0.2, 0) is 13.0 Å². The second kappa shape index (κ2) is 8.01. The van der Waals surface area contributed by atoms with E-state index < -0.39 is 0 Å². The van der Waals surface area contributed by atoms with Crippen molar-refractivity contribution in [1.82, 2.24) is 28.5 Å². The molecule has 0 aromatic carbocycles. The van der Waals surface area contributed by atoms with Gasteiger partial charge in [-0.05, 0) is 48.9 Å². The largest absolute Gasteiger partial charge is 0.306 e. The van der Waals surface area contributed by atoms with Gasteiger partial charge in [0.25, 0.3) is 0 Å². The highest BCUT2D eigenvalue weighted by Crippen LogP contribution is 2.43. The maximum absolute atomic E-state index is 12.8. The summed E-state index contributed by atoms with van der Waals surface area (Å²) in [5, 5.41) is 5.75. The van der Waals surface area contributed by atoms with Crippen LogP contribution in [0, 0.1) is 0 Å². The zero-order valence-corrected chi connectivity index (χ0v) is 19.2. The molecule has 166 valence electrons. The molecule has 1 aliphatic carbocycles. The van der Waals surface area contributed by atoms with Crippen LogP contribution in [0.2, 0.25) is 10.2 Å². The SMILES string of the molecule is O=C(CCc1ncn2ccc(Cl)cc12)c1cnn(Cc2cn3c(Cl)c(C4CC4)ccc3n2)c1. The van der Waals surface area contributed by atoms with Crippen LogP contribution in [0.4, 0.5) is 0 Å². The van der Waals surface area contributed by atoms with Gasteiger partial charge in [-0.1, -0.05) is 29.3 Å². The van der Waals surface area contributed by atoms with Crippen molar-refractivity contribution in [1.29, 1.82) is 0 Å². The Labute approximate surface area is 199 Å². The molecule has 0 bridgehead atoms. The van der Waals surface area contributed by atoms with Crippen LogP contribution in [0.1, 0.15) is 52.5 Å². The first-order valence-electron chi connectivity index (χ1n) is 10.9. The molecular formula is C24H20Cl2N6O. The molecule has 1 saturated carbocycles.